The van der Waals surface area contributed by atoms with Crippen LogP contribution in [-0.2, 0) is 47.7 Å². The molecule has 426 valence electrons. The van der Waals surface area contributed by atoms with Crippen LogP contribution in [0.25, 0.3) is 20.8 Å². The summed E-state index contributed by atoms with van der Waals surface area (Å²) in [6, 6.07) is 12.8. The van der Waals surface area contributed by atoms with E-state index in [1.807, 2.05) is 24.3 Å². The second-order valence-corrected chi connectivity index (χ2v) is 27.7. The van der Waals surface area contributed by atoms with Gasteiger partial charge in [-0.05, 0) is 207 Å². The molecule has 0 saturated heterocycles. The Balaban J connectivity index is 0.706. The van der Waals surface area contributed by atoms with Crippen molar-refractivity contribution < 1.29 is 57.2 Å². The van der Waals surface area contributed by atoms with Crippen LogP contribution in [0.4, 0.5) is 0 Å². The molecular formula is C64H87NO12S. The van der Waals surface area contributed by atoms with Gasteiger partial charge in [-0.25, -0.2) is 4.98 Å². The van der Waals surface area contributed by atoms with E-state index >= 15 is 0 Å². The summed E-state index contributed by atoms with van der Waals surface area (Å²) >= 11 is 1.45. The highest BCUT2D eigenvalue weighted by Crippen LogP contribution is 2.51. The lowest BCUT2D eigenvalue weighted by Gasteiger charge is -2.46. The van der Waals surface area contributed by atoms with Gasteiger partial charge >= 0.3 is 35.8 Å². The Hall–Kier alpha value is -4.85. The third-order valence-electron chi connectivity index (χ3n) is 19.6. The molecule has 6 aliphatic carbocycles. The average molecular weight is 1090 g/mol. The molecule has 0 amide bonds. The van der Waals surface area contributed by atoms with Crippen LogP contribution in [0.15, 0.2) is 42.5 Å². The first-order valence-electron chi connectivity index (χ1n) is 29.9. The monoisotopic (exact) mass is 1090 g/mol. The van der Waals surface area contributed by atoms with Crippen LogP contribution in [0.2, 0.25) is 0 Å². The number of carbonyl (C=O) groups is 6. The first-order chi connectivity index (χ1) is 37.2. The second kappa shape index (κ2) is 24.9. The zero-order valence-electron chi connectivity index (χ0n) is 47.6. The lowest BCUT2D eigenvalue weighted by atomic mass is 9.59. The molecule has 9 rings (SSSR count). The summed E-state index contributed by atoms with van der Waals surface area (Å²) < 4.78 is 37.1. The molecule has 0 atom stereocenters. The largest absolute Gasteiger partial charge is 0.462 e. The molecule has 0 spiro atoms. The fraction of sp³-hybridized carbons (Fsp3) is 0.703. The molecule has 0 unspecified atom stereocenters. The number of fused-ring (bicyclic) bond motifs is 1. The van der Waals surface area contributed by atoms with Crippen molar-refractivity contribution in [2.75, 3.05) is 0 Å². The molecule has 0 bridgehead atoms. The van der Waals surface area contributed by atoms with Gasteiger partial charge in [-0.1, -0.05) is 60.6 Å². The Morgan fingerprint density at radius 2 is 0.859 bits per heavy atom. The van der Waals surface area contributed by atoms with Gasteiger partial charge in [0.15, 0.2) is 0 Å². The van der Waals surface area contributed by atoms with Crippen molar-refractivity contribution in [3.63, 3.8) is 0 Å². The molecule has 78 heavy (non-hydrogen) atoms. The Morgan fingerprint density at radius 1 is 0.474 bits per heavy atom. The van der Waals surface area contributed by atoms with Crippen molar-refractivity contribution in [3.8, 4) is 22.1 Å². The summed E-state index contributed by atoms with van der Waals surface area (Å²) in [6.07, 6.45) is 16.5. The summed E-state index contributed by atoms with van der Waals surface area (Å²) in [6.45, 7) is 16.0. The highest BCUT2D eigenvalue weighted by Gasteiger charge is 2.43. The fourth-order valence-electron chi connectivity index (χ4n) is 13.4. The summed E-state index contributed by atoms with van der Waals surface area (Å²) in [4.78, 5) is 85.3. The maximum atomic E-state index is 13.8. The van der Waals surface area contributed by atoms with Gasteiger partial charge in [-0.3, -0.25) is 28.8 Å². The lowest BCUT2D eigenvalue weighted by molar-refractivity contribution is -0.165. The standard InChI is InChI=1S/C64H87NO12S/c1-62(2,3)45-22-20-43(21-23-45)58(68)74-48-26-24-46(25-27-48)73-57(67)40-16-18-42(19-17-40)61(71)77-53-33-32-50(38-51(53)55-65-52-10-8-9-11-54(52)78-55)76-59(69)41-14-12-39(13-15-41)56(66)72-47-28-30-49(31-29-47)75-60(70)44-34-36-64(7,37-35-44)63(4,5)6/h8-11,32-33,38-49H,12-31,34-37H2,1-7H3/t39-,40?,41-,42?,43?,44-,45?,46-,47-,48-,49-,64+. The summed E-state index contributed by atoms with van der Waals surface area (Å²) in [5.74, 6) is -1.51. The van der Waals surface area contributed by atoms with Gasteiger partial charge in [-0.15, -0.1) is 11.3 Å². The topological polar surface area (TPSA) is 171 Å². The second-order valence-electron chi connectivity index (χ2n) is 26.6. The Kier molecular flexibility index (Phi) is 18.4. The summed E-state index contributed by atoms with van der Waals surface area (Å²) in [5.41, 5.74) is 2.02. The minimum atomic E-state index is -0.403. The molecule has 13 nitrogen and oxygen atoms in total. The molecule has 6 aliphatic rings. The number of benzene rings is 2. The smallest absolute Gasteiger partial charge is 0.314 e. The molecule has 1 heterocycles. The number of rotatable bonds is 13. The minimum Gasteiger partial charge on any atom is -0.462 e. The van der Waals surface area contributed by atoms with Gasteiger partial charge in [0.2, 0.25) is 0 Å². The van der Waals surface area contributed by atoms with Crippen LogP contribution in [-0.4, -0.2) is 65.2 Å². The molecule has 0 aliphatic heterocycles. The first-order valence-corrected chi connectivity index (χ1v) is 30.7. The SMILES string of the molecule is CC(C)(C)C1CCC(C(=O)O[C@H]2CC[C@H](OC(=O)C3CCC(C(=O)Oc4ccc(OC(=O)[C@H]5CC[C@H](C(=O)O[C@H]6CC[C@H](OC(=O)[C@H]7CC[C@@](C)(C(C)(C)C)CC7)CC6)CC5)cc4-c4nc5ccccc5s4)CC3)CC2)CC1. The Morgan fingerprint density at radius 3 is 1.27 bits per heavy atom. The quantitative estimate of drug-likeness (QED) is 0.0900. The first kappa shape index (κ1) is 57.8. The predicted molar refractivity (Wildman–Crippen MR) is 298 cm³/mol. The van der Waals surface area contributed by atoms with E-state index in [2.05, 4.69) is 48.5 Å². The van der Waals surface area contributed by atoms with Crippen LogP contribution in [0.1, 0.15) is 203 Å². The van der Waals surface area contributed by atoms with E-state index in [4.69, 9.17) is 33.4 Å². The van der Waals surface area contributed by atoms with Gasteiger partial charge in [-0.2, -0.15) is 0 Å². The molecular weight excluding hydrogens is 1010 g/mol. The summed E-state index contributed by atoms with van der Waals surface area (Å²) in [5, 5.41) is 0.617. The molecule has 0 N–H and O–H groups in total. The molecule has 14 heteroatoms. The van der Waals surface area contributed by atoms with Gasteiger partial charge in [0.25, 0.3) is 0 Å². The van der Waals surface area contributed by atoms with E-state index in [9.17, 15) is 28.8 Å². The highest BCUT2D eigenvalue weighted by atomic mass is 32.1. The normalized spacial score (nSPS) is 31.0. The minimum absolute atomic E-state index is 0.0167. The Labute approximate surface area is 466 Å². The number of ether oxygens (including phenoxy) is 6. The number of nitrogens with zero attached hydrogens (tertiary/aromatic N) is 1. The van der Waals surface area contributed by atoms with Gasteiger partial charge in [0.1, 0.15) is 40.9 Å². The van der Waals surface area contributed by atoms with Crippen LogP contribution in [0.5, 0.6) is 11.5 Å². The van der Waals surface area contributed by atoms with E-state index in [-0.39, 0.29) is 106 Å². The highest BCUT2D eigenvalue weighted by molar-refractivity contribution is 7.21. The van der Waals surface area contributed by atoms with E-state index in [1.165, 1.54) is 11.3 Å². The maximum Gasteiger partial charge on any atom is 0.314 e. The van der Waals surface area contributed by atoms with E-state index in [0.717, 1.165) is 61.6 Å². The lowest BCUT2D eigenvalue weighted by Crippen LogP contribution is -2.39. The van der Waals surface area contributed by atoms with Crippen molar-refractivity contribution in [2.45, 2.75) is 227 Å². The van der Waals surface area contributed by atoms with E-state index < -0.39 is 5.92 Å². The summed E-state index contributed by atoms with van der Waals surface area (Å²) in [7, 11) is 0. The van der Waals surface area contributed by atoms with Crippen LogP contribution in [0.3, 0.4) is 0 Å². The number of aromatic nitrogens is 1. The van der Waals surface area contributed by atoms with Crippen molar-refractivity contribution in [1.29, 1.82) is 0 Å². The van der Waals surface area contributed by atoms with Gasteiger partial charge in [0, 0.05) is 0 Å². The van der Waals surface area contributed by atoms with Crippen LogP contribution < -0.4 is 9.47 Å². The molecule has 1 aromatic heterocycles. The van der Waals surface area contributed by atoms with Crippen LogP contribution in [0, 0.1) is 57.7 Å². The van der Waals surface area contributed by atoms with E-state index in [0.29, 0.717) is 131 Å². The fourth-order valence-corrected chi connectivity index (χ4v) is 14.3. The zero-order chi connectivity index (χ0) is 55.4. The molecule has 3 aromatic rings. The maximum absolute atomic E-state index is 13.8. The molecule has 2 aromatic carbocycles. The third-order valence-corrected chi connectivity index (χ3v) is 20.7. The number of esters is 6. The number of para-hydroxylation sites is 1. The number of thiazole rings is 1. The zero-order valence-corrected chi connectivity index (χ0v) is 48.4. The van der Waals surface area contributed by atoms with Crippen molar-refractivity contribution >= 4 is 57.4 Å². The van der Waals surface area contributed by atoms with Gasteiger partial charge in [0.05, 0.1) is 51.3 Å². The van der Waals surface area contributed by atoms with Crippen LogP contribution >= 0.6 is 11.3 Å². The van der Waals surface area contributed by atoms with Gasteiger partial charge < -0.3 is 28.4 Å². The average Bonchev–Trinajstić information content (AvgIpc) is 3.89. The van der Waals surface area contributed by atoms with Crippen molar-refractivity contribution in [2.24, 2.45) is 57.7 Å². The van der Waals surface area contributed by atoms with Crippen molar-refractivity contribution in [3.05, 3.63) is 42.5 Å². The molecule has 6 fully saturated rings. The number of carbonyl (C=O) groups excluding carboxylic acids is 6. The van der Waals surface area contributed by atoms with E-state index in [1.54, 1.807) is 18.2 Å². The number of hydrogen-bond donors (Lipinski definition) is 0. The molecule has 6 saturated carbocycles. The predicted octanol–water partition coefficient (Wildman–Crippen LogP) is 14.3. The molecule has 0 radical (unpaired) electrons. The number of hydrogen-bond acceptors (Lipinski definition) is 14. The van der Waals surface area contributed by atoms with Crippen molar-refractivity contribution in [1.82, 2.24) is 4.98 Å². The Bertz CT molecular complexity index is 2550. The third kappa shape index (κ3) is 14.4.